The van der Waals surface area contributed by atoms with E-state index in [-0.39, 0.29) is 24.4 Å². The molecule has 160 valence electrons. The van der Waals surface area contributed by atoms with Gasteiger partial charge in [-0.25, -0.2) is 0 Å². The molecule has 1 aliphatic heterocycles. The summed E-state index contributed by atoms with van der Waals surface area (Å²) >= 11 is 0. The van der Waals surface area contributed by atoms with Gasteiger partial charge < -0.3 is 14.4 Å². The van der Waals surface area contributed by atoms with Gasteiger partial charge in [0.1, 0.15) is 6.54 Å². The van der Waals surface area contributed by atoms with E-state index in [1.54, 1.807) is 19.0 Å². The van der Waals surface area contributed by atoms with Gasteiger partial charge in [-0.1, -0.05) is 66.7 Å². The first-order valence-corrected chi connectivity index (χ1v) is 10.7. The van der Waals surface area contributed by atoms with Crippen LogP contribution >= 0.6 is 0 Å². The highest BCUT2D eigenvalue weighted by Crippen LogP contribution is 2.46. The van der Waals surface area contributed by atoms with Crippen molar-refractivity contribution in [2.24, 2.45) is 7.05 Å². The second-order valence-corrected chi connectivity index (χ2v) is 8.42. The molecule has 0 fully saturated rings. The van der Waals surface area contributed by atoms with Gasteiger partial charge in [0.15, 0.2) is 0 Å². The number of likely N-dealkylation sites (N-methyl/N-ethyl adjacent to an activating group) is 1. The van der Waals surface area contributed by atoms with Crippen molar-refractivity contribution in [1.82, 2.24) is 14.4 Å². The molecule has 0 saturated carbocycles. The lowest BCUT2D eigenvalue weighted by molar-refractivity contribution is -0.129. The Hall–Kier alpha value is -3.86. The van der Waals surface area contributed by atoms with Crippen LogP contribution in [0.1, 0.15) is 27.5 Å². The van der Waals surface area contributed by atoms with E-state index in [4.69, 9.17) is 0 Å². The number of carbonyl (C=O) groups is 2. The Morgan fingerprint density at radius 2 is 1.56 bits per heavy atom. The number of fused-ring (bicyclic) bond motifs is 2. The van der Waals surface area contributed by atoms with Gasteiger partial charge in [0.05, 0.1) is 11.7 Å². The molecule has 0 radical (unpaired) electrons. The number of aromatic nitrogens is 1. The van der Waals surface area contributed by atoms with E-state index in [2.05, 4.69) is 35.9 Å². The lowest BCUT2D eigenvalue weighted by atomic mass is 9.93. The Labute approximate surface area is 187 Å². The van der Waals surface area contributed by atoms with E-state index >= 15 is 0 Å². The zero-order valence-corrected chi connectivity index (χ0v) is 18.4. The predicted octanol–water partition coefficient (Wildman–Crippen LogP) is 4.48. The topological polar surface area (TPSA) is 45.6 Å². The van der Waals surface area contributed by atoms with Gasteiger partial charge in [0.25, 0.3) is 5.91 Å². The quantitative estimate of drug-likeness (QED) is 0.486. The Kier molecular flexibility index (Phi) is 4.82. The second-order valence-electron chi connectivity index (χ2n) is 8.42. The van der Waals surface area contributed by atoms with E-state index in [1.165, 1.54) is 4.90 Å². The van der Waals surface area contributed by atoms with Crippen molar-refractivity contribution in [2.75, 3.05) is 20.6 Å². The van der Waals surface area contributed by atoms with Crippen LogP contribution in [-0.2, 0) is 11.8 Å². The Bertz CT molecular complexity index is 1340. The number of carbonyl (C=O) groups excluding carboxylic acids is 2. The average Bonchev–Trinajstić information content (AvgIpc) is 3.25. The zero-order chi connectivity index (χ0) is 22.4. The number of amides is 2. The van der Waals surface area contributed by atoms with Crippen molar-refractivity contribution >= 4 is 22.7 Å². The fourth-order valence-electron chi connectivity index (χ4n) is 4.78. The number of nitrogens with zero attached hydrogens (tertiary/aromatic N) is 3. The van der Waals surface area contributed by atoms with E-state index in [9.17, 15) is 9.59 Å². The Balaban J connectivity index is 1.81. The third kappa shape index (κ3) is 3.01. The van der Waals surface area contributed by atoms with Crippen LogP contribution in [0, 0.1) is 0 Å². The molecule has 5 heteroatoms. The summed E-state index contributed by atoms with van der Waals surface area (Å²) in [6.45, 7) is 0.0304. The van der Waals surface area contributed by atoms with E-state index in [0.29, 0.717) is 5.56 Å². The molecule has 2 amide bonds. The summed E-state index contributed by atoms with van der Waals surface area (Å²) in [6.07, 6.45) is 0. The van der Waals surface area contributed by atoms with Gasteiger partial charge in [-0.3, -0.25) is 9.59 Å². The second kappa shape index (κ2) is 7.68. The van der Waals surface area contributed by atoms with Crippen LogP contribution in [0.2, 0.25) is 0 Å². The Morgan fingerprint density at radius 1 is 0.906 bits per heavy atom. The first-order chi connectivity index (χ1) is 15.5. The SMILES string of the molecule is CN(C)C(=O)CN1C(=O)c2ccccc2C1c1c(-c2ccccc2)n(C)c2ccccc12. The van der Waals surface area contributed by atoms with E-state index in [1.807, 2.05) is 54.6 Å². The fourth-order valence-corrected chi connectivity index (χ4v) is 4.78. The zero-order valence-electron chi connectivity index (χ0n) is 18.4. The summed E-state index contributed by atoms with van der Waals surface area (Å²) < 4.78 is 2.19. The molecule has 32 heavy (non-hydrogen) atoms. The minimum absolute atomic E-state index is 0.0304. The maximum atomic E-state index is 13.5. The summed E-state index contributed by atoms with van der Waals surface area (Å²) in [5, 5.41) is 1.09. The predicted molar refractivity (Wildman–Crippen MR) is 126 cm³/mol. The monoisotopic (exact) mass is 423 g/mol. The van der Waals surface area contributed by atoms with E-state index < -0.39 is 0 Å². The first-order valence-electron chi connectivity index (χ1n) is 10.7. The van der Waals surface area contributed by atoms with Crippen molar-refractivity contribution in [3.8, 4) is 11.3 Å². The van der Waals surface area contributed by atoms with Crippen molar-refractivity contribution < 1.29 is 9.59 Å². The molecule has 1 aliphatic rings. The lowest BCUT2D eigenvalue weighted by Gasteiger charge is -2.27. The van der Waals surface area contributed by atoms with Crippen LogP contribution in [-0.4, -0.2) is 46.8 Å². The molecule has 1 atom stereocenters. The highest BCUT2D eigenvalue weighted by atomic mass is 16.2. The molecule has 0 aliphatic carbocycles. The average molecular weight is 424 g/mol. The summed E-state index contributed by atoms with van der Waals surface area (Å²) in [6, 6.07) is 25.9. The number of rotatable bonds is 4. The highest BCUT2D eigenvalue weighted by Gasteiger charge is 2.41. The van der Waals surface area contributed by atoms with Crippen molar-refractivity contribution in [2.45, 2.75) is 6.04 Å². The Morgan fingerprint density at radius 3 is 2.31 bits per heavy atom. The molecule has 1 aromatic heterocycles. The number of hydrogen-bond donors (Lipinski definition) is 0. The molecule has 0 spiro atoms. The largest absolute Gasteiger partial charge is 0.347 e. The standard InChI is InChI=1S/C27H25N3O2/c1-28(2)23(31)17-30-26(19-13-7-8-14-20(19)27(30)32)24-21-15-9-10-16-22(21)29(3)25(24)18-11-5-4-6-12-18/h4-16,26H,17H2,1-3H3. The molecule has 3 aromatic carbocycles. The minimum atomic E-state index is -0.344. The molecule has 2 heterocycles. The van der Waals surface area contributed by atoms with Gasteiger partial charge >= 0.3 is 0 Å². The van der Waals surface area contributed by atoms with E-state index in [0.717, 1.165) is 33.3 Å². The third-order valence-corrected chi connectivity index (χ3v) is 6.33. The van der Waals surface area contributed by atoms with Gasteiger partial charge in [-0.2, -0.15) is 0 Å². The normalized spacial score (nSPS) is 15.3. The lowest BCUT2D eigenvalue weighted by Crippen LogP contribution is -2.39. The van der Waals surface area contributed by atoms with Crippen LogP contribution < -0.4 is 0 Å². The van der Waals surface area contributed by atoms with Crippen molar-refractivity contribution in [3.05, 3.63) is 95.6 Å². The number of para-hydroxylation sites is 1. The number of benzene rings is 3. The van der Waals surface area contributed by atoms with Gasteiger partial charge in [-0.15, -0.1) is 0 Å². The molecule has 0 N–H and O–H groups in total. The first kappa shape index (κ1) is 20.1. The summed E-state index contributed by atoms with van der Waals surface area (Å²) in [5.74, 6) is -0.203. The number of hydrogen-bond acceptors (Lipinski definition) is 2. The van der Waals surface area contributed by atoms with Crippen molar-refractivity contribution in [1.29, 1.82) is 0 Å². The third-order valence-electron chi connectivity index (χ3n) is 6.33. The van der Waals surface area contributed by atoms with Crippen LogP contribution in [0.25, 0.3) is 22.2 Å². The molecule has 0 bridgehead atoms. The molecular formula is C27H25N3O2. The molecule has 4 aromatic rings. The van der Waals surface area contributed by atoms with Gasteiger partial charge in [0.2, 0.25) is 5.91 Å². The number of aryl methyl sites for hydroxylation is 1. The summed E-state index contributed by atoms with van der Waals surface area (Å²) in [4.78, 5) is 29.5. The molecule has 5 nitrogen and oxygen atoms in total. The maximum Gasteiger partial charge on any atom is 0.255 e. The summed E-state index contributed by atoms with van der Waals surface area (Å²) in [5.41, 5.74) is 5.89. The van der Waals surface area contributed by atoms with Crippen LogP contribution in [0.3, 0.4) is 0 Å². The molecular weight excluding hydrogens is 398 g/mol. The summed E-state index contributed by atoms with van der Waals surface area (Å²) in [7, 11) is 5.50. The van der Waals surface area contributed by atoms with Crippen LogP contribution in [0.15, 0.2) is 78.9 Å². The van der Waals surface area contributed by atoms with Gasteiger partial charge in [-0.05, 0) is 23.3 Å². The minimum Gasteiger partial charge on any atom is -0.347 e. The van der Waals surface area contributed by atoms with Crippen LogP contribution in [0.4, 0.5) is 0 Å². The van der Waals surface area contributed by atoms with Crippen molar-refractivity contribution in [3.63, 3.8) is 0 Å². The van der Waals surface area contributed by atoms with Gasteiger partial charge in [0, 0.05) is 43.2 Å². The molecule has 1 unspecified atom stereocenters. The molecule has 0 saturated heterocycles. The van der Waals surface area contributed by atoms with Crippen LogP contribution in [0.5, 0.6) is 0 Å². The molecule has 5 rings (SSSR count). The fraction of sp³-hybridized carbons (Fsp3) is 0.185. The maximum absolute atomic E-state index is 13.5. The smallest absolute Gasteiger partial charge is 0.255 e. The highest BCUT2D eigenvalue weighted by molar-refractivity contribution is 6.03.